The summed E-state index contributed by atoms with van der Waals surface area (Å²) in [6.07, 6.45) is -14.1. The predicted molar refractivity (Wildman–Crippen MR) is 28.2 cm³/mol. The van der Waals surface area contributed by atoms with Crippen molar-refractivity contribution in [2.24, 2.45) is 5.41 Å². The summed E-state index contributed by atoms with van der Waals surface area (Å²) in [6, 6.07) is 0. The summed E-state index contributed by atoms with van der Waals surface area (Å²) in [4.78, 5) is 19.6. The Morgan fingerprint density at radius 3 is 1.29 bits per heavy atom. The molecule has 0 unspecified atom stereocenters. The molecule has 0 radical (unpaired) electrons. The van der Waals surface area contributed by atoms with E-state index in [1.807, 2.05) is 0 Å². The van der Waals surface area contributed by atoms with Crippen LogP contribution in [-0.4, -0.2) is 29.7 Å². The zero-order valence-electron chi connectivity index (χ0n) is 6.11. The lowest BCUT2D eigenvalue weighted by atomic mass is 9.88. The summed E-state index contributed by atoms with van der Waals surface area (Å²) < 4.78 is 70.7. The number of hydrogen-bond acceptors (Lipinski definition) is 2. The van der Waals surface area contributed by atoms with Crippen LogP contribution in [-0.2, 0) is 9.59 Å². The summed E-state index contributed by atoms with van der Waals surface area (Å²) in [5.74, 6) is -3.30. The maximum Gasteiger partial charge on any atom is 0.420 e. The Hall–Kier alpha value is -1.28. The van der Waals surface area contributed by atoms with Gasteiger partial charge in [0.15, 0.2) is 6.29 Å². The number of carboxylic acid groups (broad SMARTS) is 1. The van der Waals surface area contributed by atoms with Gasteiger partial charge in [-0.2, -0.15) is 26.3 Å². The molecule has 0 saturated carbocycles. The molecule has 9 heteroatoms. The number of alkyl halides is 6. The molecule has 0 amide bonds. The SMILES string of the molecule is O=CC(C(=O)O)(C(F)(F)F)C(F)(F)F. The number of rotatable bonds is 2. The van der Waals surface area contributed by atoms with Crippen molar-refractivity contribution in [3.63, 3.8) is 0 Å². The standard InChI is InChI=1S/C5H2F6O3/c6-4(7,8)3(1-12,2(13)14)5(9,10)11/h1H,(H,13,14). The molecule has 3 nitrogen and oxygen atoms in total. The van der Waals surface area contributed by atoms with Crippen molar-refractivity contribution in [1.29, 1.82) is 0 Å². The fraction of sp³-hybridized carbons (Fsp3) is 0.600. The van der Waals surface area contributed by atoms with Gasteiger partial charge in [-0.05, 0) is 0 Å². The van der Waals surface area contributed by atoms with Crippen molar-refractivity contribution in [2.45, 2.75) is 12.4 Å². The third-order valence-electron chi connectivity index (χ3n) is 1.41. The summed E-state index contributed by atoms with van der Waals surface area (Å²) in [5, 5.41) is 7.82. The lowest BCUT2D eigenvalue weighted by molar-refractivity contribution is -0.312. The molecule has 1 N–H and O–H groups in total. The van der Waals surface area contributed by atoms with Crippen molar-refractivity contribution in [3.05, 3.63) is 0 Å². The molecule has 0 aliphatic heterocycles. The average Bonchev–Trinajstić information content (AvgIpc) is 1.80. The Bertz CT molecular complexity index is 237. The van der Waals surface area contributed by atoms with Crippen molar-refractivity contribution >= 4 is 12.3 Å². The van der Waals surface area contributed by atoms with Crippen molar-refractivity contribution in [1.82, 2.24) is 0 Å². The Morgan fingerprint density at radius 2 is 1.29 bits per heavy atom. The van der Waals surface area contributed by atoms with Crippen LogP contribution in [0.2, 0.25) is 0 Å². The molecule has 0 rings (SSSR count). The third kappa shape index (κ3) is 1.53. The molecule has 82 valence electrons. The molecule has 0 fully saturated rings. The van der Waals surface area contributed by atoms with Gasteiger partial charge < -0.3 is 9.90 Å². The first kappa shape index (κ1) is 12.7. The monoisotopic (exact) mass is 224 g/mol. The highest BCUT2D eigenvalue weighted by Gasteiger charge is 2.76. The van der Waals surface area contributed by atoms with E-state index in [0.29, 0.717) is 0 Å². The van der Waals surface area contributed by atoms with E-state index in [0.717, 1.165) is 0 Å². The van der Waals surface area contributed by atoms with Crippen molar-refractivity contribution in [2.75, 3.05) is 0 Å². The van der Waals surface area contributed by atoms with Gasteiger partial charge in [-0.15, -0.1) is 0 Å². The Balaban J connectivity index is 5.70. The zero-order valence-corrected chi connectivity index (χ0v) is 6.11. The molecule has 0 aromatic heterocycles. The first-order valence-corrected chi connectivity index (χ1v) is 2.84. The van der Waals surface area contributed by atoms with E-state index in [4.69, 9.17) is 5.11 Å². The number of aliphatic carboxylic acids is 1. The predicted octanol–water partition coefficient (Wildman–Crippen LogP) is 1.38. The van der Waals surface area contributed by atoms with Gasteiger partial charge in [0.1, 0.15) is 0 Å². The van der Waals surface area contributed by atoms with E-state index in [1.54, 1.807) is 0 Å². The zero-order chi connectivity index (χ0) is 11.8. The fourth-order valence-corrected chi connectivity index (χ4v) is 0.587. The molecule has 0 atom stereocenters. The maximum absolute atomic E-state index is 11.8. The topological polar surface area (TPSA) is 54.4 Å². The van der Waals surface area contributed by atoms with Crippen LogP contribution in [0.4, 0.5) is 26.3 Å². The van der Waals surface area contributed by atoms with Gasteiger partial charge in [-0.25, -0.2) is 0 Å². The van der Waals surface area contributed by atoms with Gasteiger partial charge >= 0.3 is 23.7 Å². The minimum absolute atomic E-state index is 1.67. The van der Waals surface area contributed by atoms with E-state index in [9.17, 15) is 35.9 Å². The second kappa shape index (κ2) is 3.14. The molecule has 0 aromatic rings. The number of carboxylic acids is 1. The third-order valence-corrected chi connectivity index (χ3v) is 1.41. The molecule has 0 spiro atoms. The van der Waals surface area contributed by atoms with Crippen LogP contribution in [0.5, 0.6) is 0 Å². The summed E-state index contributed by atoms with van der Waals surface area (Å²) >= 11 is 0. The molecule has 0 saturated heterocycles. The largest absolute Gasteiger partial charge is 0.480 e. The van der Waals surface area contributed by atoms with Crippen LogP contribution in [0.1, 0.15) is 0 Å². The molecule has 14 heavy (non-hydrogen) atoms. The van der Waals surface area contributed by atoms with Crippen LogP contribution in [0.25, 0.3) is 0 Å². The van der Waals surface area contributed by atoms with Crippen LogP contribution >= 0.6 is 0 Å². The summed E-state index contributed by atoms with van der Waals surface area (Å²) in [5.41, 5.74) is -5.35. The lowest BCUT2D eigenvalue weighted by Crippen LogP contribution is -2.56. The second-order valence-electron chi connectivity index (χ2n) is 2.23. The number of hydrogen-bond donors (Lipinski definition) is 1. The lowest BCUT2D eigenvalue weighted by Gasteiger charge is -2.27. The van der Waals surface area contributed by atoms with Gasteiger partial charge in [0.2, 0.25) is 0 Å². The average molecular weight is 224 g/mol. The van der Waals surface area contributed by atoms with Crippen LogP contribution in [0, 0.1) is 5.41 Å². The fourth-order valence-electron chi connectivity index (χ4n) is 0.587. The molecule has 0 aliphatic carbocycles. The molecule has 0 aromatic carbocycles. The summed E-state index contributed by atoms with van der Waals surface area (Å²) in [6.45, 7) is 0. The van der Waals surface area contributed by atoms with E-state index in [2.05, 4.69) is 0 Å². The van der Waals surface area contributed by atoms with Gasteiger partial charge in [0.25, 0.3) is 0 Å². The maximum atomic E-state index is 11.8. The van der Waals surface area contributed by atoms with Gasteiger partial charge in [0.05, 0.1) is 0 Å². The Kier molecular flexibility index (Phi) is 2.85. The second-order valence-corrected chi connectivity index (χ2v) is 2.23. The first-order chi connectivity index (χ1) is 6.00. The highest BCUT2D eigenvalue weighted by molar-refractivity contribution is 5.94. The first-order valence-electron chi connectivity index (χ1n) is 2.84. The minimum Gasteiger partial charge on any atom is -0.480 e. The van der Waals surface area contributed by atoms with E-state index in [-0.39, 0.29) is 0 Å². The number of carbonyl (C=O) groups excluding carboxylic acids is 1. The van der Waals surface area contributed by atoms with Crippen molar-refractivity contribution < 1.29 is 41.0 Å². The van der Waals surface area contributed by atoms with E-state index in [1.165, 1.54) is 0 Å². The summed E-state index contributed by atoms with van der Waals surface area (Å²) in [7, 11) is 0. The van der Waals surface area contributed by atoms with Crippen LogP contribution in [0.15, 0.2) is 0 Å². The molecule has 0 bridgehead atoms. The number of aldehydes is 1. The molecule has 0 heterocycles. The van der Waals surface area contributed by atoms with E-state index < -0.39 is 30.0 Å². The Labute approximate surface area is 72.3 Å². The smallest absolute Gasteiger partial charge is 0.420 e. The Morgan fingerprint density at radius 1 is 1.00 bits per heavy atom. The highest BCUT2D eigenvalue weighted by Crippen LogP contribution is 2.48. The van der Waals surface area contributed by atoms with Crippen LogP contribution in [0.3, 0.4) is 0 Å². The number of carbonyl (C=O) groups is 2. The minimum atomic E-state index is -6.22. The van der Waals surface area contributed by atoms with Crippen molar-refractivity contribution in [3.8, 4) is 0 Å². The molecule has 0 aliphatic rings. The highest BCUT2D eigenvalue weighted by atomic mass is 19.4. The van der Waals surface area contributed by atoms with Gasteiger partial charge in [-0.3, -0.25) is 4.79 Å². The van der Waals surface area contributed by atoms with E-state index >= 15 is 0 Å². The molecular weight excluding hydrogens is 222 g/mol. The van der Waals surface area contributed by atoms with Gasteiger partial charge in [0, 0.05) is 0 Å². The number of halogens is 6. The quantitative estimate of drug-likeness (QED) is 0.438. The van der Waals surface area contributed by atoms with Crippen LogP contribution < -0.4 is 0 Å². The normalized spacial score (nSPS) is 13.9. The van der Waals surface area contributed by atoms with Gasteiger partial charge in [-0.1, -0.05) is 0 Å². The molecular formula is C5H2F6O3.